The van der Waals surface area contributed by atoms with Crippen LogP contribution >= 0.6 is 0 Å². The van der Waals surface area contributed by atoms with E-state index in [-0.39, 0.29) is 12.0 Å². The molecule has 0 radical (unpaired) electrons. The third-order valence-electron chi connectivity index (χ3n) is 2.03. The van der Waals surface area contributed by atoms with E-state index < -0.39 is 11.9 Å². The van der Waals surface area contributed by atoms with Crippen molar-refractivity contribution < 1.29 is 19.8 Å². The fraction of sp³-hybridized carbons (Fsp3) is 0.167. The zero-order valence-corrected chi connectivity index (χ0v) is 8.80. The largest absolute Gasteiger partial charge is 0.481 e. The molecule has 4 nitrogen and oxygen atoms in total. The van der Waals surface area contributed by atoms with Gasteiger partial charge in [-0.3, -0.25) is 4.79 Å². The Morgan fingerprint density at radius 3 is 2.56 bits per heavy atom. The van der Waals surface area contributed by atoms with Gasteiger partial charge in [-0.25, -0.2) is 4.79 Å². The van der Waals surface area contributed by atoms with Gasteiger partial charge >= 0.3 is 11.9 Å². The Labute approximate surface area is 92.8 Å². The lowest BCUT2D eigenvalue weighted by atomic mass is 10.0. The first-order valence-electron chi connectivity index (χ1n) is 4.73. The van der Waals surface area contributed by atoms with E-state index in [2.05, 4.69) is 0 Å². The average molecular weight is 220 g/mol. The third kappa shape index (κ3) is 3.24. The second kappa shape index (κ2) is 5.11. The van der Waals surface area contributed by atoms with Crippen LogP contribution in [0.15, 0.2) is 24.3 Å². The Bertz CT molecular complexity index is 446. The number of aryl methyl sites for hydroxylation is 1. The monoisotopic (exact) mass is 220 g/mol. The van der Waals surface area contributed by atoms with Crippen molar-refractivity contribution in [3.8, 4) is 0 Å². The minimum absolute atomic E-state index is 0.118. The van der Waals surface area contributed by atoms with Gasteiger partial charge in [-0.1, -0.05) is 29.8 Å². The van der Waals surface area contributed by atoms with E-state index in [1.54, 1.807) is 12.1 Å². The van der Waals surface area contributed by atoms with Crippen molar-refractivity contribution in [3.63, 3.8) is 0 Å². The van der Waals surface area contributed by atoms with Crippen molar-refractivity contribution >= 4 is 18.0 Å². The first-order valence-corrected chi connectivity index (χ1v) is 4.73. The fourth-order valence-corrected chi connectivity index (χ4v) is 1.30. The summed E-state index contributed by atoms with van der Waals surface area (Å²) in [6.07, 6.45) is 2.83. The highest BCUT2D eigenvalue weighted by Crippen LogP contribution is 2.14. The molecular weight excluding hydrogens is 208 g/mol. The first-order chi connectivity index (χ1) is 7.50. The summed E-state index contributed by atoms with van der Waals surface area (Å²) in [6, 6.07) is 4.93. The number of rotatable bonds is 4. The van der Waals surface area contributed by atoms with Crippen LogP contribution in [0.25, 0.3) is 6.08 Å². The molecule has 0 aliphatic carbocycles. The summed E-state index contributed by atoms with van der Waals surface area (Å²) in [4.78, 5) is 21.2. The van der Waals surface area contributed by atoms with E-state index in [9.17, 15) is 9.59 Å². The molecule has 4 heteroatoms. The van der Waals surface area contributed by atoms with Gasteiger partial charge < -0.3 is 10.2 Å². The summed E-state index contributed by atoms with van der Waals surface area (Å²) in [5, 5.41) is 17.4. The second-order valence-corrected chi connectivity index (χ2v) is 3.40. The van der Waals surface area contributed by atoms with Crippen LogP contribution in [0.1, 0.15) is 27.9 Å². The van der Waals surface area contributed by atoms with E-state index in [1.807, 2.05) is 6.92 Å². The third-order valence-corrected chi connectivity index (χ3v) is 2.03. The number of carboxylic acid groups (broad SMARTS) is 2. The first kappa shape index (κ1) is 12.0. The van der Waals surface area contributed by atoms with Gasteiger partial charge in [-0.15, -0.1) is 0 Å². The van der Waals surface area contributed by atoms with E-state index >= 15 is 0 Å². The summed E-state index contributed by atoms with van der Waals surface area (Å²) in [7, 11) is 0. The molecule has 0 amide bonds. The number of hydrogen-bond donors (Lipinski definition) is 2. The van der Waals surface area contributed by atoms with Crippen molar-refractivity contribution in [2.75, 3.05) is 0 Å². The highest BCUT2D eigenvalue weighted by atomic mass is 16.4. The minimum Gasteiger partial charge on any atom is -0.481 e. The summed E-state index contributed by atoms with van der Waals surface area (Å²) in [6.45, 7) is 1.85. The molecule has 0 spiro atoms. The molecule has 0 unspecified atom stereocenters. The lowest BCUT2D eigenvalue weighted by Gasteiger charge is -2.02. The standard InChI is InChI=1S/C12H12O4/c1-8-5-6-10(12(15)16)9(7-8)3-2-4-11(13)14/h2-3,5-7H,4H2,1H3,(H,13,14)(H,15,16). The normalized spacial score (nSPS) is 10.6. The van der Waals surface area contributed by atoms with Crippen LogP contribution in [0.5, 0.6) is 0 Å². The van der Waals surface area contributed by atoms with Gasteiger partial charge in [0.2, 0.25) is 0 Å². The van der Waals surface area contributed by atoms with Crippen LogP contribution in [-0.2, 0) is 4.79 Å². The molecule has 1 aromatic carbocycles. The topological polar surface area (TPSA) is 74.6 Å². The number of aliphatic carboxylic acids is 1. The lowest BCUT2D eigenvalue weighted by Crippen LogP contribution is -1.99. The van der Waals surface area contributed by atoms with E-state index in [1.165, 1.54) is 18.2 Å². The SMILES string of the molecule is Cc1ccc(C(=O)O)c(C=CCC(=O)O)c1. The van der Waals surface area contributed by atoms with E-state index in [4.69, 9.17) is 10.2 Å². The van der Waals surface area contributed by atoms with Crippen LogP contribution < -0.4 is 0 Å². The van der Waals surface area contributed by atoms with Gasteiger partial charge in [-0.2, -0.15) is 0 Å². The van der Waals surface area contributed by atoms with Gasteiger partial charge in [0.25, 0.3) is 0 Å². The molecule has 0 aliphatic rings. The molecule has 84 valence electrons. The van der Waals surface area contributed by atoms with Crippen LogP contribution in [0.2, 0.25) is 0 Å². The van der Waals surface area contributed by atoms with Gasteiger partial charge in [0.1, 0.15) is 0 Å². The van der Waals surface area contributed by atoms with Gasteiger partial charge in [0.05, 0.1) is 12.0 Å². The molecule has 0 bridgehead atoms. The number of aromatic carboxylic acids is 1. The Kier molecular flexibility index (Phi) is 3.83. The minimum atomic E-state index is -1.02. The van der Waals surface area contributed by atoms with E-state index in [0.29, 0.717) is 5.56 Å². The molecular formula is C12H12O4. The van der Waals surface area contributed by atoms with Crippen LogP contribution in [-0.4, -0.2) is 22.2 Å². The summed E-state index contributed by atoms with van der Waals surface area (Å²) >= 11 is 0. The summed E-state index contributed by atoms with van der Waals surface area (Å²) < 4.78 is 0. The van der Waals surface area contributed by atoms with Crippen molar-refractivity contribution in [1.82, 2.24) is 0 Å². The zero-order chi connectivity index (χ0) is 12.1. The fourth-order valence-electron chi connectivity index (χ4n) is 1.30. The molecule has 0 aliphatic heterocycles. The predicted octanol–water partition coefficient (Wildman–Crippen LogP) is 2.18. The smallest absolute Gasteiger partial charge is 0.336 e. The predicted molar refractivity (Wildman–Crippen MR) is 59.4 cm³/mol. The molecule has 16 heavy (non-hydrogen) atoms. The molecule has 0 atom stereocenters. The lowest BCUT2D eigenvalue weighted by molar-refractivity contribution is -0.135. The maximum Gasteiger partial charge on any atom is 0.336 e. The van der Waals surface area contributed by atoms with Crippen molar-refractivity contribution in [2.45, 2.75) is 13.3 Å². The Hall–Kier alpha value is -2.10. The Balaban J connectivity index is 3.01. The molecule has 0 saturated carbocycles. The van der Waals surface area contributed by atoms with Crippen molar-refractivity contribution in [2.24, 2.45) is 0 Å². The zero-order valence-electron chi connectivity index (χ0n) is 8.80. The van der Waals surface area contributed by atoms with Gasteiger partial charge in [0.15, 0.2) is 0 Å². The molecule has 0 heterocycles. The molecule has 1 aromatic rings. The highest BCUT2D eigenvalue weighted by Gasteiger charge is 2.07. The van der Waals surface area contributed by atoms with Crippen LogP contribution in [0.3, 0.4) is 0 Å². The van der Waals surface area contributed by atoms with Crippen molar-refractivity contribution in [1.29, 1.82) is 0 Å². The highest BCUT2D eigenvalue weighted by molar-refractivity contribution is 5.92. The maximum atomic E-state index is 10.9. The van der Waals surface area contributed by atoms with Crippen molar-refractivity contribution in [3.05, 3.63) is 41.0 Å². The Morgan fingerprint density at radius 1 is 1.31 bits per heavy atom. The number of carbonyl (C=O) groups is 2. The van der Waals surface area contributed by atoms with Crippen LogP contribution in [0.4, 0.5) is 0 Å². The molecule has 2 N–H and O–H groups in total. The summed E-state index contributed by atoms with van der Waals surface area (Å²) in [5.41, 5.74) is 1.63. The quantitative estimate of drug-likeness (QED) is 0.815. The summed E-state index contributed by atoms with van der Waals surface area (Å²) in [5.74, 6) is -1.96. The average Bonchev–Trinajstić information content (AvgIpc) is 2.16. The maximum absolute atomic E-state index is 10.9. The van der Waals surface area contributed by atoms with Gasteiger partial charge in [-0.05, 0) is 18.6 Å². The number of hydrogen-bond acceptors (Lipinski definition) is 2. The van der Waals surface area contributed by atoms with E-state index in [0.717, 1.165) is 5.56 Å². The molecule has 1 rings (SSSR count). The van der Waals surface area contributed by atoms with Crippen LogP contribution in [0, 0.1) is 6.92 Å². The second-order valence-electron chi connectivity index (χ2n) is 3.40. The molecule has 0 fully saturated rings. The van der Waals surface area contributed by atoms with Gasteiger partial charge in [0, 0.05) is 0 Å². The Morgan fingerprint density at radius 2 is 2.00 bits per heavy atom. The molecule has 0 saturated heterocycles. The number of benzene rings is 1. The molecule has 0 aromatic heterocycles. The number of carboxylic acids is 2.